The largest absolute Gasteiger partial charge is 0.492 e. The summed E-state index contributed by atoms with van der Waals surface area (Å²) in [7, 11) is 0. The molecule has 2 aromatic rings. The zero-order valence-corrected chi connectivity index (χ0v) is 16.4. The molecule has 0 bridgehead atoms. The molecule has 29 heavy (non-hydrogen) atoms. The number of nitrogens with one attached hydrogen (secondary N) is 1. The monoisotopic (exact) mass is 424 g/mol. The van der Waals surface area contributed by atoms with Crippen LogP contribution in [0.15, 0.2) is 30.3 Å². The molecule has 0 saturated carbocycles. The van der Waals surface area contributed by atoms with Gasteiger partial charge in [0.2, 0.25) is 0 Å². The van der Waals surface area contributed by atoms with Crippen molar-refractivity contribution in [2.24, 2.45) is 11.5 Å². The lowest BCUT2D eigenvalue weighted by Gasteiger charge is -2.31. The number of para-hydroxylation sites is 1. The van der Waals surface area contributed by atoms with Crippen molar-refractivity contribution in [2.45, 2.75) is 18.8 Å². The van der Waals surface area contributed by atoms with Crippen molar-refractivity contribution in [1.82, 2.24) is 4.90 Å². The molecule has 1 saturated heterocycles. The van der Waals surface area contributed by atoms with E-state index in [0.29, 0.717) is 36.9 Å². The fourth-order valence-corrected chi connectivity index (χ4v) is 4.19. The van der Waals surface area contributed by atoms with E-state index in [-0.39, 0.29) is 23.4 Å². The molecule has 3 rings (SSSR count). The number of urea groups is 1. The van der Waals surface area contributed by atoms with Crippen molar-refractivity contribution >= 4 is 28.3 Å². The fraction of sp³-hybridized carbons (Fsp3) is 0.368. The zero-order valence-electron chi connectivity index (χ0n) is 15.6. The van der Waals surface area contributed by atoms with Gasteiger partial charge in [0, 0.05) is 42.9 Å². The summed E-state index contributed by atoms with van der Waals surface area (Å²) < 4.78 is 32.4. The number of hydrogen-bond acceptors (Lipinski definition) is 5. The van der Waals surface area contributed by atoms with Crippen LogP contribution < -0.4 is 21.5 Å². The van der Waals surface area contributed by atoms with Gasteiger partial charge in [0.25, 0.3) is 11.8 Å². The molecule has 2 heterocycles. The lowest BCUT2D eigenvalue weighted by molar-refractivity contribution is -0.0564. The molecule has 5 N–H and O–H groups in total. The number of primary amides is 2. The average molecular weight is 424 g/mol. The minimum absolute atomic E-state index is 0.135. The number of ether oxygens (including phenoxy) is 1. The molecule has 1 aromatic heterocycles. The Labute approximate surface area is 170 Å². The number of piperidine rings is 1. The van der Waals surface area contributed by atoms with Gasteiger partial charge < -0.3 is 16.2 Å². The number of rotatable bonds is 7. The van der Waals surface area contributed by atoms with Crippen molar-refractivity contribution in [3.05, 3.63) is 35.9 Å². The van der Waals surface area contributed by atoms with Crippen molar-refractivity contribution in [3.63, 3.8) is 0 Å². The highest BCUT2D eigenvalue weighted by Gasteiger charge is 2.33. The van der Waals surface area contributed by atoms with Crippen molar-refractivity contribution in [2.75, 3.05) is 31.6 Å². The number of thiophene rings is 1. The van der Waals surface area contributed by atoms with Crippen LogP contribution in [-0.4, -0.2) is 49.0 Å². The van der Waals surface area contributed by atoms with Gasteiger partial charge in [0.05, 0.1) is 5.56 Å². The number of halogens is 2. The Kier molecular flexibility index (Phi) is 6.33. The lowest BCUT2D eigenvalue weighted by atomic mass is 10.1. The number of nitrogens with zero attached hydrogens (tertiary/aromatic N) is 1. The molecular formula is C19H22F2N4O3S. The van der Waals surface area contributed by atoms with Crippen LogP contribution in [0.1, 0.15) is 23.2 Å². The Hall–Kier alpha value is -2.72. The normalized spacial score (nSPS) is 16.3. The molecule has 0 spiro atoms. The summed E-state index contributed by atoms with van der Waals surface area (Å²) in [6, 6.07) is 8.02. The van der Waals surface area contributed by atoms with Gasteiger partial charge in [-0.1, -0.05) is 12.1 Å². The first-order valence-electron chi connectivity index (χ1n) is 9.08. The molecule has 1 aliphatic heterocycles. The minimum atomic E-state index is -2.57. The number of likely N-dealkylation sites (tertiary alicyclic amines) is 1. The maximum Gasteiger partial charge on any atom is 0.317 e. The highest BCUT2D eigenvalue weighted by atomic mass is 32.1. The van der Waals surface area contributed by atoms with Crippen LogP contribution in [0.5, 0.6) is 5.75 Å². The summed E-state index contributed by atoms with van der Waals surface area (Å²) in [5.74, 6) is -2.67. The zero-order chi connectivity index (χ0) is 21.0. The number of anilines is 1. The van der Waals surface area contributed by atoms with E-state index in [4.69, 9.17) is 16.2 Å². The minimum Gasteiger partial charge on any atom is -0.492 e. The van der Waals surface area contributed by atoms with Gasteiger partial charge >= 0.3 is 6.03 Å². The Bertz CT molecular complexity index is 893. The third-order valence-corrected chi connectivity index (χ3v) is 5.72. The van der Waals surface area contributed by atoms with Crippen LogP contribution in [0.4, 0.5) is 18.6 Å². The maximum atomic E-state index is 13.3. The molecule has 1 aromatic carbocycles. The molecule has 0 radical (unpaired) electrons. The van der Waals surface area contributed by atoms with Gasteiger partial charge in [-0.05, 0) is 18.2 Å². The third-order valence-electron chi connectivity index (χ3n) is 4.64. The lowest BCUT2D eigenvalue weighted by Crippen LogP contribution is -2.41. The Morgan fingerprint density at radius 2 is 1.90 bits per heavy atom. The van der Waals surface area contributed by atoms with E-state index in [9.17, 15) is 18.4 Å². The molecule has 0 atom stereocenters. The number of hydrogen-bond donors (Lipinski definition) is 3. The molecule has 156 valence electrons. The number of amides is 3. The van der Waals surface area contributed by atoms with Crippen LogP contribution in [0.25, 0.3) is 10.4 Å². The molecule has 7 nitrogen and oxygen atoms in total. The summed E-state index contributed by atoms with van der Waals surface area (Å²) in [6.07, 6.45) is -0.269. The molecule has 0 unspecified atom stereocenters. The number of carbonyl (C=O) groups excluding carboxylic acids is 2. The van der Waals surface area contributed by atoms with Crippen LogP contribution in [0, 0.1) is 0 Å². The number of benzene rings is 1. The molecule has 3 amide bonds. The van der Waals surface area contributed by atoms with Crippen LogP contribution in [-0.2, 0) is 0 Å². The summed E-state index contributed by atoms with van der Waals surface area (Å²) in [5.41, 5.74) is 11.4. The fourth-order valence-electron chi connectivity index (χ4n) is 3.10. The van der Waals surface area contributed by atoms with E-state index >= 15 is 0 Å². The summed E-state index contributed by atoms with van der Waals surface area (Å²) >= 11 is 1.16. The number of nitrogens with two attached hydrogens (primary N) is 2. The molecule has 1 aliphatic rings. The number of alkyl halides is 2. The predicted molar refractivity (Wildman–Crippen MR) is 108 cm³/mol. The van der Waals surface area contributed by atoms with Gasteiger partial charge in [-0.15, -0.1) is 11.3 Å². The maximum absolute atomic E-state index is 13.3. The first-order chi connectivity index (χ1) is 13.7. The van der Waals surface area contributed by atoms with E-state index in [1.165, 1.54) is 0 Å². The van der Waals surface area contributed by atoms with Gasteiger partial charge in [-0.2, -0.15) is 0 Å². The molecule has 10 heteroatoms. The van der Waals surface area contributed by atoms with E-state index in [0.717, 1.165) is 16.9 Å². The SMILES string of the molecule is NC(=O)Nc1sc(-c2ccccc2OCCN2CCC(F)(F)CC2)cc1C(N)=O. The van der Waals surface area contributed by atoms with Gasteiger partial charge in [0.1, 0.15) is 17.4 Å². The first kappa shape index (κ1) is 21.0. The third kappa shape index (κ3) is 5.42. The van der Waals surface area contributed by atoms with Crippen molar-refractivity contribution in [1.29, 1.82) is 0 Å². The summed E-state index contributed by atoms with van der Waals surface area (Å²) in [4.78, 5) is 25.5. The van der Waals surface area contributed by atoms with E-state index in [1.54, 1.807) is 12.1 Å². The number of carbonyl (C=O) groups is 2. The second-order valence-corrected chi connectivity index (χ2v) is 7.80. The van der Waals surface area contributed by atoms with Crippen molar-refractivity contribution < 1.29 is 23.1 Å². The van der Waals surface area contributed by atoms with Crippen LogP contribution in [0.3, 0.4) is 0 Å². The summed E-state index contributed by atoms with van der Waals surface area (Å²) in [6.45, 7) is 1.55. The smallest absolute Gasteiger partial charge is 0.317 e. The quantitative estimate of drug-likeness (QED) is 0.634. The van der Waals surface area contributed by atoms with Crippen LogP contribution in [0.2, 0.25) is 0 Å². The molecule has 1 fully saturated rings. The Balaban J connectivity index is 1.71. The average Bonchev–Trinajstić information content (AvgIpc) is 3.06. The van der Waals surface area contributed by atoms with Gasteiger partial charge in [0.15, 0.2) is 0 Å². The predicted octanol–water partition coefficient (Wildman–Crippen LogP) is 3.11. The molecular weight excluding hydrogens is 402 g/mol. The highest BCUT2D eigenvalue weighted by molar-refractivity contribution is 7.20. The second-order valence-electron chi connectivity index (χ2n) is 6.75. The highest BCUT2D eigenvalue weighted by Crippen LogP contribution is 2.39. The van der Waals surface area contributed by atoms with Crippen molar-refractivity contribution in [3.8, 4) is 16.2 Å². The van der Waals surface area contributed by atoms with E-state index in [2.05, 4.69) is 5.32 Å². The molecule has 0 aliphatic carbocycles. The Morgan fingerprint density at radius 3 is 2.55 bits per heavy atom. The topological polar surface area (TPSA) is 111 Å². The van der Waals surface area contributed by atoms with Crippen LogP contribution >= 0.6 is 11.3 Å². The Morgan fingerprint density at radius 1 is 1.21 bits per heavy atom. The van der Waals surface area contributed by atoms with E-state index < -0.39 is 17.9 Å². The van der Waals surface area contributed by atoms with E-state index in [1.807, 2.05) is 23.1 Å². The van der Waals surface area contributed by atoms with Gasteiger partial charge in [-0.3, -0.25) is 15.0 Å². The summed E-state index contributed by atoms with van der Waals surface area (Å²) in [5, 5.41) is 2.67. The standard InChI is InChI=1S/C19H22F2N4O3S/c20-19(21)5-7-25(8-6-19)9-10-28-14-4-2-1-3-12(14)15-11-13(16(22)26)17(29-15)24-18(23)27/h1-4,11H,5-10H2,(H2,22,26)(H3,23,24,27). The second kappa shape index (κ2) is 8.75. The first-order valence-corrected chi connectivity index (χ1v) is 9.89. The van der Waals surface area contributed by atoms with Gasteiger partial charge in [-0.25, -0.2) is 13.6 Å².